The van der Waals surface area contributed by atoms with Gasteiger partial charge in [0.1, 0.15) is 10.8 Å². The average molecular weight is 498 g/mol. The molecule has 2 heterocycles. The summed E-state index contributed by atoms with van der Waals surface area (Å²) in [5.41, 5.74) is 3.16. The van der Waals surface area contributed by atoms with E-state index in [1.807, 2.05) is 55.1 Å². The number of nitrogens with one attached hydrogen (secondary N) is 1. The quantitative estimate of drug-likeness (QED) is 0.372. The number of amides is 1. The molecule has 0 bridgehead atoms. The highest BCUT2D eigenvalue weighted by molar-refractivity contribution is 7.89. The molecule has 0 spiro atoms. The van der Waals surface area contributed by atoms with Gasteiger partial charge in [0.25, 0.3) is 0 Å². The molecule has 0 aliphatic heterocycles. The standard InChI is InChI=1S/C24H27N5O3S2/c1-4-29(5-2)34(31,32)19-10-11-21-20(16-19)27-22(28(21)3)12-13-23(30)26-18-8-6-17(7-9-18)24-25-14-15-33-24/h6-11,14-16H,4-5,12-13H2,1-3H3,(H,26,30). The maximum absolute atomic E-state index is 12.8. The average Bonchev–Trinajstić information content (AvgIpc) is 3.47. The highest BCUT2D eigenvalue weighted by atomic mass is 32.2. The van der Waals surface area contributed by atoms with Crippen LogP contribution in [0.5, 0.6) is 0 Å². The summed E-state index contributed by atoms with van der Waals surface area (Å²) in [5.74, 6) is 0.612. The normalized spacial score (nSPS) is 11.9. The largest absolute Gasteiger partial charge is 0.331 e. The third-order valence-electron chi connectivity index (χ3n) is 5.71. The van der Waals surface area contributed by atoms with Crippen molar-refractivity contribution in [3.8, 4) is 10.6 Å². The Hall–Kier alpha value is -3.08. The third kappa shape index (κ3) is 4.89. The van der Waals surface area contributed by atoms with Gasteiger partial charge in [0.05, 0.1) is 15.9 Å². The fourth-order valence-electron chi connectivity index (χ4n) is 3.84. The van der Waals surface area contributed by atoms with E-state index >= 15 is 0 Å². The van der Waals surface area contributed by atoms with Crippen molar-refractivity contribution < 1.29 is 13.2 Å². The van der Waals surface area contributed by atoms with Crippen LogP contribution in [0.2, 0.25) is 0 Å². The van der Waals surface area contributed by atoms with Gasteiger partial charge in [-0.3, -0.25) is 4.79 Å². The lowest BCUT2D eigenvalue weighted by Crippen LogP contribution is -2.30. The molecule has 34 heavy (non-hydrogen) atoms. The van der Waals surface area contributed by atoms with Crippen molar-refractivity contribution in [2.75, 3.05) is 18.4 Å². The van der Waals surface area contributed by atoms with E-state index in [0.717, 1.165) is 27.6 Å². The summed E-state index contributed by atoms with van der Waals surface area (Å²) in [7, 11) is -1.68. The van der Waals surface area contributed by atoms with E-state index in [0.29, 0.717) is 25.0 Å². The maximum Gasteiger partial charge on any atom is 0.243 e. The predicted molar refractivity (Wildman–Crippen MR) is 135 cm³/mol. The second-order valence-electron chi connectivity index (χ2n) is 7.79. The molecule has 2 aromatic carbocycles. The first-order valence-corrected chi connectivity index (χ1v) is 13.4. The number of anilines is 1. The third-order valence-corrected chi connectivity index (χ3v) is 8.58. The number of carbonyl (C=O) groups is 1. The molecule has 8 nitrogen and oxygen atoms in total. The minimum Gasteiger partial charge on any atom is -0.331 e. The van der Waals surface area contributed by atoms with E-state index in [-0.39, 0.29) is 17.2 Å². The Kier molecular flexibility index (Phi) is 7.11. The first-order valence-electron chi connectivity index (χ1n) is 11.1. The Morgan fingerprint density at radius 1 is 1.12 bits per heavy atom. The number of hydrogen-bond donors (Lipinski definition) is 1. The topological polar surface area (TPSA) is 97.2 Å². The van der Waals surface area contributed by atoms with E-state index in [1.54, 1.807) is 35.7 Å². The maximum atomic E-state index is 12.8. The second kappa shape index (κ2) is 10.0. The number of fused-ring (bicyclic) bond motifs is 1. The van der Waals surface area contributed by atoms with Crippen LogP contribution in [0.1, 0.15) is 26.1 Å². The summed E-state index contributed by atoms with van der Waals surface area (Å²) in [6.07, 6.45) is 2.46. The van der Waals surface area contributed by atoms with Crippen LogP contribution in [0.3, 0.4) is 0 Å². The van der Waals surface area contributed by atoms with Crippen molar-refractivity contribution in [2.45, 2.75) is 31.6 Å². The van der Waals surface area contributed by atoms with E-state index in [1.165, 1.54) is 4.31 Å². The molecule has 1 amide bonds. The molecule has 0 radical (unpaired) electrons. The highest BCUT2D eigenvalue weighted by Crippen LogP contribution is 2.24. The van der Waals surface area contributed by atoms with Gasteiger partial charge in [-0.1, -0.05) is 13.8 Å². The SMILES string of the molecule is CCN(CC)S(=O)(=O)c1ccc2c(c1)nc(CCC(=O)Nc1ccc(-c3nccs3)cc1)n2C. The zero-order valence-corrected chi connectivity index (χ0v) is 21.0. The first-order chi connectivity index (χ1) is 16.3. The van der Waals surface area contributed by atoms with Gasteiger partial charge in [-0.25, -0.2) is 18.4 Å². The molecule has 0 aliphatic rings. The van der Waals surface area contributed by atoms with Crippen LogP contribution in [-0.2, 0) is 28.3 Å². The summed E-state index contributed by atoms with van der Waals surface area (Å²) in [5, 5.41) is 5.78. The van der Waals surface area contributed by atoms with Gasteiger partial charge in [-0.05, 0) is 42.5 Å². The van der Waals surface area contributed by atoms with Gasteiger partial charge in [0.2, 0.25) is 15.9 Å². The number of thiazole rings is 1. The number of nitrogens with zero attached hydrogens (tertiary/aromatic N) is 4. The summed E-state index contributed by atoms with van der Waals surface area (Å²) in [6, 6.07) is 12.6. The van der Waals surface area contributed by atoms with Crippen LogP contribution < -0.4 is 5.32 Å². The van der Waals surface area contributed by atoms with Crippen molar-refractivity contribution in [3.05, 3.63) is 59.9 Å². The second-order valence-corrected chi connectivity index (χ2v) is 10.6. The van der Waals surface area contributed by atoms with Crippen molar-refractivity contribution in [2.24, 2.45) is 7.05 Å². The van der Waals surface area contributed by atoms with Crippen molar-refractivity contribution in [1.29, 1.82) is 0 Å². The van der Waals surface area contributed by atoms with Crippen molar-refractivity contribution in [1.82, 2.24) is 18.8 Å². The lowest BCUT2D eigenvalue weighted by Gasteiger charge is -2.18. The molecule has 0 fully saturated rings. The Morgan fingerprint density at radius 2 is 1.85 bits per heavy atom. The Balaban J connectivity index is 1.44. The van der Waals surface area contributed by atoms with Gasteiger partial charge in [-0.2, -0.15) is 4.31 Å². The van der Waals surface area contributed by atoms with Crippen LogP contribution in [0.25, 0.3) is 21.6 Å². The van der Waals surface area contributed by atoms with Gasteiger partial charge in [0.15, 0.2) is 0 Å². The van der Waals surface area contributed by atoms with Crippen LogP contribution >= 0.6 is 11.3 Å². The fourth-order valence-corrected chi connectivity index (χ4v) is 5.96. The number of rotatable bonds is 9. The molecule has 4 aromatic rings. The number of benzene rings is 2. The number of sulfonamides is 1. The Morgan fingerprint density at radius 3 is 2.50 bits per heavy atom. The van der Waals surface area contributed by atoms with E-state index in [9.17, 15) is 13.2 Å². The molecule has 1 N–H and O–H groups in total. The van der Waals surface area contributed by atoms with Crippen LogP contribution in [-0.4, -0.2) is 46.3 Å². The first kappa shape index (κ1) is 24.1. The zero-order valence-electron chi connectivity index (χ0n) is 19.4. The highest BCUT2D eigenvalue weighted by Gasteiger charge is 2.22. The molecule has 10 heteroatoms. The van der Waals surface area contributed by atoms with Crippen LogP contribution in [0, 0.1) is 0 Å². The number of carbonyl (C=O) groups excluding carboxylic acids is 1. The lowest BCUT2D eigenvalue weighted by atomic mass is 10.2. The molecule has 0 unspecified atom stereocenters. The monoisotopic (exact) mass is 497 g/mol. The van der Waals surface area contributed by atoms with Crippen molar-refractivity contribution in [3.63, 3.8) is 0 Å². The summed E-state index contributed by atoms with van der Waals surface area (Å²) < 4.78 is 29.0. The van der Waals surface area contributed by atoms with Gasteiger partial charge in [0, 0.05) is 55.8 Å². The number of aromatic nitrogens is 3. The fraction of sp³-hybridized carbons (Fsp3) is 0.292. The van der Waals surface area contributed by atoms with E-state index in [2.05, 4.69) is 15.3 Å². The molecule has 0 atom stereocenters. The number of aryl methyl sites for hydroxylation is 2. The summed E-state index contributed by atoms with van der Waals surface area (Å²) >= 11 is 1.57. The molecule has 178 valence electrons. The van der Waals surface area contributed by atoms with E-state index < -0.39 is 10.0 Å². The lowest BCUT2D eigenvalue weighted by molar-refractivity contribution is -0.116. The van der Waals surface area contributed by atoms with Gasteiger partial charge >= 0.3 is 0 Å². The molecular weight excluding hydrogens is 470 g/mol. The van der Waals surface area contributed by atoms with Crippen LogP contribution in [0.15, 0.2) is 58.9 Å². The Bertz CT molecular complexity index is 1390. The molecule has 0 saturated heterocycles. The minimum absolute atomic E-state index is 0.112. The summed E-state index contributed by atoms with van der Waals surface area (Å²) in [6.45, 7) is 4.46. The van der Waals surface area contributed by atoms with Gasteiger partial charge < -0.3 is 9.88 Å². The molecule has 2 aromatic heterocycles. The summed E-state index contributed by atoms with van der Waals surface area (Å²) in [4.78, 5) is 21.6. The minimum atomic E-state index is -3.56. The molecule has 0 saturated carbocycles. The van der Waals surface area contributed by atoms with E-state index in [4.69, 9.17) is 0 Å². The number of hydrogen-bond acceptors (Lipinski definition) is 6. The molecule has 4 rings (SSSR count). The van der Waals surface area contributed by atoms with Crippen LogP contribution in [0.4, 0.5) is 5.69 Å². The van der Waals surface area contributed by atoms with Gasteiger partial charge in [-0.15, -0.1) is 11.3 Å². The predicted octanol–water partition coefficient (Wildman–Crippen LogP) is 4.30. The number of imidazole rings is 1. The molecule has 0 aliphatic carbocycles. The van der Waals surface area contributed by atoms with Crippen molar-refractivity contribution >= 4 is 44.0 Å². The smallest absolute Gasteiger partial charge is 0.243 e. The Labute approximate surface area is 203 Å². The molecular formula is C24H27N5O3S2. The zero-order chi connectivity index (χ0) is 24.3.